The van der Waals surface area contributed by atoms with Gasteiger partial charge in [-0.3, -0.25) is 14.4 Å². The van der Waals surface area contributed by atoms with E-state index in [1.807, 2.05) is 0 Å². The fourth-order valence-corrected chi connectivity index (χ4v) is 2.53. The quantitative estimate of drug-likeness (QED) is 0.702. The molecule has 3 rings (SSSR count). The SMILES string of the molecule is O=C(O)CNC(=O)c1c(O)c2ccc(Cl)cc2n(OCC2CC2)c1=O. The number of rotatable bonds is 6. The van der Waals surface area contributed by atoms with Crippen molar-refractivity contribution in [2.24, 2.45) is 5.92 Å². The number of hydrogen-bond donors (Lipinski definition) is 3. The molecule has 0 spiro atoms. The van der Waals surface area contributed by atoms with Gasteiger partial charge in [0.1, 0.15) is 18.9 Å². The van der Waals surface area contributed by atoms with Gasteiger partial charge in [0.25, 0.3) is 11.5 Å². The van der Waals surface area contributed by atoms with Gasteiger partial charge in [0.15, 0.2) is 5.56 Å². The van der Waals surface area contributed by atoms with Crippen LogP contribution >= 0.6 is 11.6 Å². The summed E-state index contributed by atoms with van der Waals surface area (Å²) in [7, 11) is 0. The Kier molecular flexibility index (Phi) is 4.54. The van der Waals surface area contributed by atoms with Crippen LogP contribution in [0.5, 0.6) is 5.75 Å². The van der Waals surface area contributed by atoms with Gasteiger partial charge in [0, 0.05) is 10.4 Å². The van der Waals surface area contributed by atoms with Crippen molar-refractivity contribution in [1.82, 2.24) is 10.0 Å². The van der Waals surface area contributed by atoms with Crippen LogP contribution in [0.1, 0.15) is 23.2 Å². The number of carbonyl (C=O) groups is 2. The van der Waals surface area contributed by atoms with Gasteiger partial charge in [-0.05, 0) is 37.0 Å². The van der Waals surface area contributed by atoms with Gasteiger partial charge in [-0.15, -0.1) is 4.73 Å². The van der Waals surface area contributed by atoms with E-state index in [2.05, 4.69) is 5.32 Å². The normalized spacial score (nSPS) is 13.6. The molecule has 0 aliphatic heterocycles. The summed E-state index contributed by atoms with van der Waals surface area (Å²) >= 11 is 5.96. The highest BCUT2D eigenvalue weighted by molar-refractivity contribution is 6.31. The highest BCUT2D eigenvalue weighted by atomic mass is 35.5. The van der Waals surface area contributed by atoms with Gasteiger partial charge in [-0.25, -0.2) is 0 Å². The molecule has 1 aliphatic carbocycles. The first kappa shape index (κ1) is 17.1. The predicted octanol–water partition coefficient (Wildman–Crippen LogP) is 1.01. The minimum atomic E-state index is -1.27. The summed E-state index contributed by atoms with van der Waals surface area (Å²) in [6.07, 6.45) is 1.99. The zero-order valence-electron chi connectivity index (χ0n) is 13.0. The highest BCUT2D eigenvalue weighted by Gasteiger charge is 2.26. The fraction of sp³-hybridized carbons (Fsp3) is 0.312. The van der Waals surface area contributed by atoms with Crippen molar-refractivity contribution in [3.8, 4) is 5.75 Å². The number of aromatic nitrogens is 1. The molecule has 1 aromatic heterocycles. The summed E-state index contributed by atoms with van der Waals surface area (Å²) in [6, 6.07) is 4.40. The lowest BCUT2D eigenvalue weighted by molar-refractivity contribution is -0.135. The molecule has 1 fully saturated rings. The lowest BCUT2D eigenvalue weighted by Gasteiger charge is -2.15. The molecule has 1 aromatic carbocycles. The average Bonchev–Trinajstić information content (AvgIpc) is 3.37. The van der Waals surface area contributed by atoms with Crippen molar-refractivity contribution in [3.63, 3.8) is 0 Å². The molecule has 1 aliphatic rings. The smallest absolute Gasteiger partial charge is 0.322 e. The Morgan fingerprint density at radius 3 is 2.72 bits per heavy atom. The first-order valence-electron chi connectivity index (χ1n) is 7.59. The Balaban J connectivity index is 2.12. The molecule has 0 atom stereocenters. The van der Waals surface area contributed by atoms with E-state index in [0.29, 0.717) is 17.5 Å². The Morgan fingerprint density at radius 1 is 1.36 bits per heavy atom. The first-order valence-corrected chi connectivity index (χ1v) is 7.96. The van der Waals surface area contributed by atoms with Crippen LogP contribution in [0.2, 0.25) is 5.02 Å². The van der Waals surface area contributed by atoms with E-state index in [0.717, 1.165) is 17.6 Å². The Bertz CT molecular complexity index is 919. The number of carbonyl (C=O) groups excluding carboxylic acids is 1. The van der Waals surface area contributed by atoms with E-state index in [9.17, 15) is 19.5 Å². The summed E-state index contributed by atoms with van der Waals surface area (Å²) < 4.78 is 0.926. The van der Waals surface area contributed by atoms with Crippen LogP contribution in [-0.2, 0) is 4.79 Å². The molecule has 1 amide bonds. The van der Waals surface area contributed by atoms with E-state index in [-0.39, 0.29) is 10.9 Å². The van der Waals surface area contributed by atoms with Crippen molar-refractivity contribution >= 4 is 34.4 Å². The number of carboxylic acids is 1. The molecule has 2 aromatic rings. The Hall–Kier alpha value is -2.74. The molecule has 0 bridgehead atoms. The first-order chi connectivity index (χ1) is 11.9. The maximum Gasteiger partial charge on any atom is 0.322 e. The standard InChI is InChI=1S/C16H15ClN2O6/c17-9-3-4-10-11(5-9)19(25-7-8-1-2-8)16(24)13(14(10)22)15(23)18-6-12(20)21/h3-5,8,22H,1-2,6-7H2,(H,18,23)(H,20,21). The van der Waals surface area contributed by atoms with Crippen LogP contribution < -0.4 is 15.7 Å². The summed E-state index contributed by atoms with van der Waals surface area (Å²) in [5.41, 5.74) is -1.23. The number of benzene rings is 1. The third-order valence-electron chi connectivity index (χ3n) is 3.83. The topological polar surface area (TPSA) is 118 Å². The second kappa shape index (κ2) is 6.64. The number of amides is 1. The number of carboxylic acid groups (broad SMARTS) is 1. The summed E-state index contributed by atoms with van der Waals surface area (Å²) in [6.45, 7) is -0.387. The van der Waals surface area contributed by atoms with Crippen molar-refractivity contribution in [2.45, 2.75) is 12.8 Å². The molecule has 8 nitrogen and oxygen atoms in total. The molecule has 132 valence electrons. The number of hydrogen-bond acceptors (Lipinski definition) is 5. The number of nitrogens with one attached hydrogen (secondary N) is 1. The number of pyridine rings is 1. The maximum atomic E-state index is 12.7. The van der Waals surface area contributed by atoms with Gasteiger partial charge < -0.3 is 20.4 Å². The zero-order valence-corrected chi connectivity index (χ0v) is 13.7. The molecular formula is C16H15ClN2O6. The lowest BCUT2D eigenvalue weighted by atomic mass is 10.1. The highest BCUT2D eigenvalue weighted by Crippen LogP contribution is 2.30. The number of aliphatic carboxylic acids is 1. The Labute approximate surface area is 146 Å². The van der Waals surface area contributed by atoms with Crippen molar-refractivity contribution < 1.29 is 24.6 Å². The average molecular weight is 367 g/mol. The number of halogens is 1. The van der Waals surface area contributed by atoms with Crippen LogP contribution in [-0.4, -0.2) is 40.0 Å². The molecule has 9 heteroatoms. The number of aromatic hydroxyl groups is 1. The van der Waals surface area contributed by atoms with Gasteiger partial charge in [-0.1, -0.05) is 11.6 Å². The number of nitrogens with zero attached hydrogens (tertiary/aromatic N) is 1. The minimum absolute atomic E-state index is 0.195. The van der Waals surface area contributed by atoms with E-state index in [4.69, 9.17) is 21.5 Å². The van der Waals surface area contributed by atoms with Crippen LogP contribution in [0.25, 0.3) is 10.9 Å². The Morgan fingerprint density at radius 2 is 2.08 bits per heavy atom. The lowest BCUT2D eigenvalue weighted by Crippen LogP contribution is -2.38. The van der Waals surface area contributed by atoms with Crippen LogP contribution in [0.3, 0.4) is 0 Å². The minimum Gasteiger partial charge on any atom is -0.506 e. The largest absolute Gasteiger partial charge is 0.506 e. The van der Waals surface area contributed by atoms with E-state index in [1.54, 1.807) is 0 Å². The third-order valence-corrected chi connectivity index (χ3v) is 4.07. The van der Waals surface area contributed by atoms with E-state index < -0.39 is 35.3 Å². The van der Waals surface area contributed by atoms with Gasteiger partial charge in [0.05, 0.1) is 5.52 Å². The van der Waals surface area contributed by atoms with Crippen molar-refractivity contribution in [2.75, 3.05) is 13.2 Å². The molecule has 0 saturated heterocycles. The second-order valence-electron chi connectivity index (χ2n) is 5.80. The zero-order chi connectivity index (χ0) is 18.1. The summed E-state index contributed by atoms with van der Waals surface area (Å²) in [4.78, 5) is 41.0. The molecule has 0 radical (unpaired) electrons. The molecular weight excluding hydrogens is 352 g/mol. The third kappa shape index (κ3) is 3.53. The second-order valence-corrected chi connectivity index (χ2v) is 6.24. The number of fused-ring (bicyclic) bond motifs is 1. The predicted molar refractivity (Wildman–Crippen MR) is 89.0 cm³/mol. The van der Waals surface area contributed by atoms with Crippen molar-refractivity contribution in [3.05, 3.63) is 39.1 Å². The molecule has 1 heterocycles. The fourth-order valence-electron chi connectivity index (χ4n) is 2.36. The van der Waals surface area contributed by atoms with Crippen LogP contribution in [0, 0.1) is 5.92 Å². The summed E-state index contributed by atoms with van der Waals surface area (Å²) in [5, 5.41) is 21.6. The van der Waals surface area contributed by atoms with Gasteiger partial charge in [-0.2, -0.15) is 0 Å². The van der Waals surface area contributed by atoms with Crippen molar-refractivity contribution in [1.29, 1.82) is 0 Å². The monoisotopic (exact) mass is 366 g/mol. The summed E-state index contributed by atoms with van der Waals surface area (Å²) in [5.74, 6) is -2.47. The van der Waals surface area contributed by atoms with Gasteiger partial charge in [0.2, 0.25) is 0 Å². The van der Waals surface area contributed by atoms with Crippen LogP contribution in [0.15, 0.2) is 23.0 Å². The maximum absolute atomic E-state index is 12.7. The molecule has 0 unspecified atom stereocenters. The molecule has 3 N–H and O–H groups in total. The van der Waals surface area contributed by atoms with E-state index in [1.165, 1.54) is 18.2 Å². The molecule has 1 saturated carbocycles. The molecule has 25 heavy (non-hydrogen) atoms. The van der Waals surface area contributed by atoms with Gasteiger partial charge >= 0.3 is 5.97 Å². The van der Waals surface area contributed by atoms with E-state index >= 15 is 0 Å². The van der Waals surface area contributed by atoms with Crippen LogP contribution in [0.4, 0.5) is 0 Å².